The van der Waals surface area contributed by atoms with Crippen LogP contribution in [0.4, 0.5) is 0 Å². The number of allylic oxidation sites excluding steroid dienone is 2. The minimum absolute atomic E-state index is 0.201. The van der Waals surface area contributed by atoms with Crippen LogP contribution in [0.5, 0.6) is 0 Å². The second-order valence-electron chi connectivity index (χ2n) is 4.26. The van der Waals surface area contributed by atoms with Crippen molar-refractivity contribution in [1.29, 1.82) is 0 Å². The van der Waals surface area contributed by atoms with Crippen LogP contribution in [0.25, 0.3) is 0 Å². The first-order chi connectivity index (χ1) is 6.48. The van der Waals surface area contributed by atoms with Gasteiger partial charge in [0, 0.05) is 23.3 Å². The van der Waals surface area contributed by atoms with Crippen LogP contribution in [0.3, 0.4) is 0 Å². The highest BCUT2D eigenvalue weighted by Crippen LogP contribution is 2.55. The van der Waals surface area contributed by atoms with Gasteiger partial charge >= 0.3 is 0 Å². The predicted octanol–water partition coefficient (Wildman–Crippen LogP) is -1.69. The molecular formula is C10H10O4-2. The van der Waals surface area contributed by atoms with Gasteiger partial charge < -0.3 is 19.8 Å². The molecule has 1 saturated carbocycles. The topological polar surface area (TPSA) is 80.3 Å². The Bertz CT molecular complexity index is 333. The van der Waals surface area contributed by atoms with E-state index in [-0.39, 0.29) is 11.8 Å². The summed E-state index contributed by atoms with van der Waals surface area (Å²) < 4.78 is 0. The number of carboxylic acids is 2. The molecule has 0 amide bonds. The summed E-state index contributed by atoms with van der Waals surface area (Å²) >= 11 is 0. The molecule has 0 radical (unpaired) electrons. The van der Waals surface area contributed by atoms with Crippen molar-refractivity contribution in [3.8, 4) is 0 Å². The Balaban J connectivity index is 2.45. The summed E-state index contributed by atoms with van der Waals surface area (Å²) in [5.74, 6) is -3.94. The molecule has 2 bridgehead atoms. The number of hydrogen-bond acceptors (Lipinski definition) is 4. The molecule has 2 rings (SSSR count). The third kappa shape index (κ3) is 0.882. The number of carboxylic acid groups (broad SMARTS) is 2. The van der Waals surface area contributed by atoms with Gasteiger partial charge in [-0.3, -0.25) is 0 Å². The smallest absolute Gasteiger partial charge is 0.0486 e. The average Bonchev–Trinajstić information content (AvgIpc) is 2.61. The van der Waals surface area contributed by atoms with E-state index in [0.717, 1.165) is 0 Å². The minimum atomic E-state index is -1.29. The number of hydrogen-bond donors (Lipinski definition) is 0. The van der Waals surface area contributed by atoms with Gasteiger partial charge in [0.1, 0.15) is 0 Å². The van der Waals surface area contributed by atoms with Gasteiger partial charge in [-0.25, -0.2) is 0 Å². The molecule has 0 aromatic carbocycles. The maximum absolute atomic E-state index is 11.0. The molecule has 0 unspecified atom stereocenters. The molecule has 14 heavy (non-hydrogen) atoms. The lowest BCUT2D eigenvalue weighted by molar-refractivity contribution is -0.335. The predicted molar refractivity (Wildman–Crippen MR) is 42.3 cm³/mol. The van der Waals surface area contributed by atoms with Gasteiger partial charge in [0.2, 0.25) is 0 Å². The summed E-state index contributed by atoms with van der Waals surface area (Å²) in [7, 11) is 0. The van der Waals surface area contributed by atoms with Gasteiger partial charge in [-0.05, 0) is 18.3 Å². The molecule has 0 aromatic rings. The monoisotopic (exact) mass is 194 g/mol. The molecular weight excluding hydrogens is 184 g/mol. The SMILES string of the molecule is C[C@@]1(C(=O)[O-])[C@@H]2C=C[C@H](C2)[C@@H]1C(=O)[O-]. The largest absolute Gasteiger partial charge is 0.550 e. The molecule has 0 N–H and O–H groups in total. The van der Waals surface area contributed by atoms with E-state index < -0.39 is 23.3 Å². The Hall–Kier alpha value is -1.32. The van der Waals surface area contributed by atoms with Crippen LogP contribution in [0.1, 0.15) is 13.3 Å². The van der Waals surface area contributed by atoms with Crippen molar-refractivity contribution in [1.82, 2.24) is 0 Å². The molecule has 2 aliphatic carbocycles. The molecule has 0 saturated heterocycles. The zero-order valence-electron chi connectivity index (χ0n) is 7.73. The third-order valence-corrected chi connectivity index (χ3v) is 3.65. The van der Waals surface area contributed by atoms with Crippen molar-refractivity contribution in [2.45, 2.75) is 13.3 Å². The summed E-state index contributed by atoms with van der Waals surface area (Å²) in [6.45, 7) is 1.44. The Morgan fingerprint density at radius 2 is 2.00 bits per heavy atom. The van der Waals surface area contributed by atoms with E-state index >= 15 is 0 Å². The Kier molecular flexibility index (Phi) is 1.71. The van der Waals surface area contributed by atoms with E-state index in [1.807, 2.05) is 0 Å². The molecule has 4 heteroatoms. The molecule has 1 fully saturated rings. The molecule has 0 spiro atoms. The molecule has 0 aliphatic heterocycles. The van der Waals surface area contributed by atoms with E-state index in [0.29, 0.717) is 6.42 Å². The quantitative estimate of drug-likeness (QED) is 0.491. The number of rotatable bonds is 2. The lowest BCUT2D eigenvalue weighted by Gasteiger charge is -2.40. The van der Waals surface area contributed by atoms with Crippen LogP contribution in [0.2, 0.25) is 0 Å². The van der Waals surface area contributed by atoms with Gasteiger partial charge in [-0.1, -0.05) is 19.1 Å². The molecule has 0 heterocycles. The Labute approximate surface area is 81.2 Å². The van der Waals surface area contributed by atoms with Crippen molar-refractivity contribution in [2.24, 2.45) is 23.2 Å². The number of aliphatic carboxylic acids is 2. The van der Waals surface area contributed by atoms with Crippen LogP contribution in [0.15, 0.2) is 12.2 Å². The molecule has 4 atom stereocenters. The first-order valence-electron chi connectivity index (χ1n) is 4.58. The summed E-state index contributed by atoms with van der Waals surface area (Å²) in [6.07, 6.45) is 4.14. The summed E-state index contributed by atoms with van der Waals surface area (Å²) in [5, 5.41) is 21.9. The van der Waals surface area contributed by atoms with E-state index in [1.165, 1.54) is 6.92 Å². The van der Waals surface area contributed by atoms with Gasteiger partial charge in [-0.15, -0.1) is 0 Å². The van der Waals surface area contributed by atoms with Gasteiger partial charge in [0.15, 0.2) is 0 Å². The second-order valence-corrected chi connectivity index (χ2v) is 4.26. The Morgan fingerprint density at radius 3 is 2.43 bits per heavy atom. The van der Waals surface area contributed by atoms with Crippen LogP contribution < -0.4 is 10.2 Å². The average molecular weight is 194 g/mol. The van der Waals surface area contributed by atoms with Crippen LogP contribution in [-0.4, -0.2) is 11.9 Å². The number of fused-ring (bicyclic) bond motifs is 2. The van der Waals surface area contributed by atoms with Crippen LogP contribution in [0, 0.1) is 23.2 Å². The molecule has 0 aromatic heterocycles. The van der Waals surface area contributed by atoms with E-state index in [2.05, 4.69) is 0 Å². The summed E-state index contributed by atoms with van der Waals surface area (Å²) in [6, 6.07) is 0. The lowest BCUT2D eigenvalue weighted by atomic mass is 9.70. The van der Waals surface area contributed by atoms with Crippen LogP contribution in [-0.2, 0) is 9.59 Å². The Morgan fingerprint density at radius 1 is 1.36 bits per heavy atom. The minimum Gasteiger partial charge on any atom is -0.550 e. The maximum Gasteiger partial charge on any atom is 0.0486 e. The third-order valence-electron chi connectivity index (χ3n) is 3.65. The van der Waals surface area contributed by atoms with Crippen molar-refractivity contribution < 1.29 is 19.8 Å². The van der Waals surface area contributed by atoms with E-state index in [9.17, 15) is 19.8 Å². The second kappa shape index (κ2) is 2.59. The van der Waals surface area contributed by atoms with Gasteiger partial charge in [-0.2, -0.15) is 0 Å². The number of carbonyl (C=O) groups excluding carboxylic acids is 2. The fourth-order valence-corrected chi connectivity index (χ4v) is 2.79. The summed E-state index contributed by atoms with van der Waals surface area (Å²) in [4.78, 5) is 21.9. The molecule has 2 aliphatic rings. The first kappa shape index (κ1) is 9.24. The van der Waals surface area contributed by atoms with E-state index in [4.69, 9.17) is 0 Å². The molecule has 4 nitrogen and oxygen atoms in total. The van der Waals surface area contributed by atoms with E-state index in [1.54, 1.807) is 12.2 Å². The van der Waals surface area contributed by atoms with Gasteiger partial charge in [0.05, 0.1) is 0 Å². The van der Waals surface area contributed by atoms with Crippen LogP contribution >= 0.6 is 0 Å². The highest BCUT2D eigenvalue weighted by atomic mass is 16.4. The lowest BCUT2D eigenvalue weighted by Crippen LogP contribution is -2.53. The normalized spacial score (nSPS) is 44.2. The fourth-order valence-electron chi connectivity index (χ4n) is 2.79. The number of carbonyl (C=O) groups is 2. The highest BCUT2D eigenvalue weighted by Gasteiger charge is 2.54. The van der Waals surface area contributed by atoms with Crippen molar-refractivity contribution >= 4 is 11.9 Å². The first-order valence-corrected chi connectivity index (χ1v) is 4.58. The van der Waals surface area contributed by atoms with Crippen molar-refractivity contribution in [3.63, 3.8) is 0 Å². The van der Waals surface area contributed by atoms with Crippen molar-refractivity contribution in [2.75, 3.05) is 0 Å². The van der Waals surface area contributed by atoms with Crippen molar-refractivity contribution in [3.05, 3.63) is 12.2 Å². The van der Waals surface area contributed by atoms with Gasteiger partial charge in [0.25, 0.3) is 0 Å². The standard InChI is InChI=1S/C10H12O4/c1-10(9(13)14)6-3-2-5(4-6)7(10)8(11)12/h2-3,5-7H,4H2,1H3,(H,11,12)(H,13,14)/p-2/t5-,6-,7-,10-/m1/s1. The zero-order chi connectivity index (χ0) is 10.5. The summed E-state index contributed by atoms with van der Waals surface area (Å²) in [5.41, 5.74) is -1.29. The molecule has 76 valence electrons. The zero-order valence-corrected chi connectivity index (χ0v) is 7.73. The maximum atomic E-state index is 11.0. The fraction of sp³-hybridized carbons (Fsp3) is 0.600. The highest BCUT2D eigenvalue weighted by molar-refractivity contribution is 5.83.